The van der Waals surface area contributed by atoms with Crippen LogP contribution in [-0.4, -0.2) is 0 Å². The summed E-state index contributed by atoms with van der Waals surface area (Å²) in [4.78, 5) is 0. The minimum atomic E-state index is 0.511. The Morgan fingerprint density at radius 2 is 1.39 bits per heavy atom. The van der Waals surface area contributed by atoms with E-state index in [1.54, 1.807) is 6.07 Å². The maximum absolute atomic E-state index is 5.04. The predicted octanol–water partition coefficient (Wildman–Crippen LogP) is 3.97. The monoisotopic (exact) mass is 298 g/mol. The highest BCUT2D eigenvalue weighted by molar-refractivity contribution is 7.75. The zero-order chi connectivity index (χ0) is 13.0. The highest BCUT2D eigenvalue weighted by Crippen LogP contribution is 2.34. The van der Waals surface area contributed by atoms with Crippen LogP contribution in [0.25, 0.3) is 11.1 Å². The van der Waals surface area contributed by atoms with E-state index in [9.17, 15) is 0 Å². The third-order valence-corrected chi connectivity index (χ3v) is 3.13. The fourth-order valence-corrected chi connectivity index (χ4v) is 2.01. The smallest absolute Gasteiger partial charge is 0.181 e. The molecular formula is C12H11O3PS2. The van der Waals surface area contributed by atoms with Gasteiger partial charge in [0, 0.05) is 25.8 Å². The number of thiol groups is 2. The Morgan fingerprint density at radius 3 is 1.94 bits per heavy atom. The molecule has 0 radical (unpaired) electrons. The van der Waals surface area contributed by atoms with Crippen molar-refractivity contribution in [3.8, 4) is 28.4 Å². The lowest BCUT2D eigenvalue weighted by atomic mass is 10.1. The molecule has 0 aliphatic carbocycles. The van der Waals surface area contributed by atoms with Crippen molar-refractivity contribution >= 4 is 35.3 Å². The average molecular weight is 298 g/mol. The molecule has 0 saturated heterocycles. The Kier molecular flexibility index (Phi) is 4.64. The molecule has 6 heteroatoms. The Morgan fingerprint density at radius 1 is 0.778 bits per heavy atom. The second-order valence-electron chi connectivity index (χ2n) is 3.49. The molecule has 2 aromatic rings. The summed E-state index contributed by atoms with van der Waals surface area (Å²) in [7, 11) is 2.21. The Bertz CT molecular complexity index is 531. The van der Waals surface area contributed by atoms with Gasteiger partial charge in [-0.25, -0.2) is 0 Å². The number of rotatable bonds is 4. The molecule has 0 aromatic heterocycles. The van der Waals surface area contributed by atoms with Crippen molar-refractivity contribution < 1.29 is 12.9 Å². The summed E-state index contributed by atoms with van der Waals surface area (Å²) in [5.41, 5.74) is 2.03. The lowest BCUT2D eigenvalue weighted by molar-refractivity contribution is 0.581. The van der Waals surface area contributed by atoms with Gasteiger partial charge in [-0.15, -0.1) is 0 Å². The van der Waals surface area contributed by atoms with Crippen molar-refractivity contribution in [1.82, 2.24) is 0 Å². The molecule has 94 valence electrons. The normalized spacial score (nSPS) is 9.94. The first-order valence-electron chi connectivity index (χ1n) is 5.02. The third kappa shape index (κ3) is 2.86. The zero-order valence-electron chi connectivity index (χ0n) is 9.24. The lowest BCUT2D eigenvalue weighted by Crippen LogP contribution is -1.85. The van der Waals surface area contributed by atoms with E-state index in [4.69, 9.17) is 12.9 Å². The molecule has 0 saturated carbocycles. The fourth-order valence-electron chi connectivity index (χ4n) is 1.56. The summed E-state index contributed by atoms with van der Waals surface area (Å²) in [6.45, 7) is 0. The first-order chi connectivity index (χ1) is 8.78. The highest BCUT2D eigenvalue weighted by atomic mass is 32.1. The van der Waals surface area contributed by atoms with E-state index in [0.717, 1.165) is 16.9 Å². The van der Waals surface area contributed by atoms with Crippen LogP contribution in [0.3, 0.4) is 0 Å². The summed E-state index contributed by atoms with van der Waals surface area (Å²) in [6, 6.07) is 13.2. The summed E-state index contributed by atoms with van der Waals surface area (Å²) < 4.78 is 14.8. The second-order valence-corrected chi connectivity index (χ2v) is 4.09. The van der Waals surface area contributed by atoms with Gasteiger partial charge in [0.2, 0.25) is 0 Å². The number of benzene rings is 2. The molecule has 2 aromatic carbocycles. The van der Waals surface area contributed by atoms with Crippen molar-refractivity contribution in [2.75, 3.05) is 0 Å². The Balaban J connectivity index is 2.37. The largest absolute Gasteiger partial charge is 0.480 e. The zero-order valence-corrected chi connectivity index (χ0v) is 12.2. The van der Waals surface area contributed by atoms with Gasteiger partial charge in [0.05, 0.1) is 9.47 Å². The van der Waals surface area contributed by atoms with E-state index in [0.29, 0.717) is 11.5 Å². The molecule has 2 rings (SSSR count). The van der Waals surface area contributed by atoms with Crippen molar-refractivity contribution in [3.63, 3.8) is 0 Å². The second kappa shape index (κ2) is 6.23. The van der Waals surface area contributed by atoms with Gasteiger partial charge in [-0.1, -0.05) is 18.2 Å². The van der Waals surface area contributed by atoms with Gasteiger partial charge in [0.25, 0.3) is 0 Å². The van der Waals surface area contributed by atoms with E-state index in [1.807, 2.05) is 36.4 Å². The topological polar surface area (TPSA) is 27.7 Å². The molecule has 0 fully saturated rings. The van der Waals surface area contributed by atoms with E-state index >= 15 is 0 Å². The minimum Gasteiger partial charge on any atom is -0.480 e. The first kappa shape index (κ1) is 13.4. The van der Waals surface area contributed by atoms with Gasteiger partial charge in [-0.05, 0) is 35.4 Å². The van der Waals surface area contributed by atoms with Crippen molar-refractivity contribution in [2.24, 2.45) is 0 Å². The molecule has 3 nitrogen and oxygen atoms in total. The molecule has 0 spiro atoms. The third-order valence-electron chi connectivity index (χ3n) is 2.46. The van der Waals surface area contributed by atoms with Crippen LogP contribution in [0, 0.1) is 0 Å². The molecule has 18 heavy (non-hydrogen) atoms. The Hall–Kier alpha value is -1.03. The van der Waals surface area contributed by atoms with Crippen LogP contribution in [0.5, 0.6) is 17.2 Å². The van der Waals surface area contributed by atoms with E-state index in [1.165, 1.54) is 0 Å². The van der Waals surface area contributed by atoms with Crippen molar-refractivity contribution in [1.29, 1.82) is 0 Å². The maximum atomic E-state index is 5.04. The van der Waals surface area contributed by atoms with Crippen LogP contribution >= 0.6 is 35.3 Å². The van der Waals surface area contributed by atoms with Crippen LogP contribution in [-0.2, 0) is 0 Å². The van der Waals surface area contributed by atoms with Gasteiger partial charge in [0.1, 0.15) is 5.75 Å². The summed E-state index contributed by atoms with van der Waals surface area (Å²) in [6.07, 6.45) is 0. The summed E-state index contributed by atoms with van der Waals surface area (Å²) >= 11 is 7.54. The fraction of sp³-hybridized carbons (Fsp3) is 0. The molecule has 1 unspecified atom stereocenters. The van der Waals surface area contributed by atoms with Gasteiger partial charge >= 0.3 is 0 Å². The van der Waals surface area contributed by atoms with Gasteiger partial charge < -0.3 is 12.9 Å². The highest BCUT2D eigenvalue weighted by Gasteiger charge is 2.07. The quantitative estimate of drug-likeness (QED) is 0.508. The molecule has 0 aliphatic rings. The van der Waals surface area contributed by atoms with Gasteiger partial charge in [-0.3, -0.25) is 0 Å². The van der Waals surface area contributed by atoms with Crippen molar-refractivity contribution in [3.05, 3.63) is 42.5 Å². The van der Waals surface area contributed by atoms with Gasteiger partial charge in [0.15, 0.2) is 11.5 Å². The first-order valence-corrected chi connectivity index (χ1v) is 6.22. The number of hydrogen-bond acceptors (Lipinski definition) is 5. The number of hydrogen-bond donors (Lipinski definition) is 2. The van der Waals surface area contributed by atoms with Crippen LogP contribution in [0.15, 0.2) is 42.5 Å². The molecule has 0 aliphatic heterocycles. The SMILES string of the molecule is POc1ccc(-c2ccc(OS)c(OS)c2)cc1. The standard InChI is InChI=1S/C12H11O3PS2/c16-13-10-4-1-8(2-5-10)9-3-6-11(14-17)12(7-9)15-18/h1-7,17-18H,16H2. The predicted molar refractivity (Wildman–Crippen MR) is 81.4 cm³/mol. The maximum Gasteiger partial charge on any atom is 0.181 e. The van der Waals surface area contributed by atoms with Crippen LogP contribution in [0.2, 0.25) is 0 Å². The molecule has 0 N–H and O–H groups in total. The Labute approximate surface area is 119 Å². The van der Waals surface area contributed by atoms with Crippen LogP contribution in [0.4, 0.5) is 0 Å². The van der Waals surface area contributed by atoms with Crippen LogP contribution < -0.4 is 12.9 Å². The molecule has 0 heterocycles. The van der Waals surface area contributed by atoms with E-state index in [2.05, 4.69) is 35.3 Å². The lowest BCUT2D eigenvalue weighted by Gasteiger charge is -2.08. The van der Waals surface area contributed by atoms with E-state index in [-0.39, 0.29) is 0 Å². The molecule has 1 atom stereocenters. The minimum absolute atomic E-state index is 0.511. The van der Waals surface area contributed by atoms with E-state index < -0.39 is 0 Å². The van der Waals surface area contributed by atoms with Gasteiger partial charge in [-0.2, -0.15) is 0 Å². The van der Waals surface area contributed by atoms with Crippen molar-refractivity contribution in [2.45, 2.75) is 0 Å². The van der Waals surface area contributed by atoms with Crippen LogP contribution in [0.1, 0.15) is 0 Å². The molecule has 0 amide bonds. The molecular weight excluding hydrogens is 287 g/mol. The summed E-state index contributed by atoms with van der Waals surface area (Å²) in [5, 5.41) is 0. The molecule has 0 bridgehead atoms. The summed E-state index contributed by atoms with van der Waals surface area (Å²) in [5.74, 6) is 1.81. The average Bonchev–Trinajstić information content (AvgIpc) is 2.46.